The van der Waals surface area contributed by atoms with Gasteiger partial charge in [-0.25, -0.2) is 9.97 Å². The minimum absolute atomic E-state index is 0.119. The number of amides is 1. The van der Waals surface area contributed by atoms with E-state index in [0.717, 1.165) is 17.7 Å². The van der Waals surface area contributed by atoms with Crippen molar-refractivity contribution in [2.24, 2.45) is 0 Å². The predicted molar refractivity (Wildman–Crippen MR) is 123 cm³/mol. The largest absolute Gasteiger partial charge is 0.497 e. The first-order valence-electron chi connectivity index (χ1n) is 10.3. The molecule has 0 bridgehead atoms. The average Bonchev–Trinajstić information content (AvgIpc) is 2.85. The molecule has 1 heterocycles. The summed E-state index contributed by atoms with van der Waals surface area (Å²) in [6, 6.07) is 26.4. The number of rotatable bonds is 8. The van der Waals surface area contributed by atoms with E-state index < -0.39 is 0 Å². The molecule has 6 nitrogen and oxygen atoms in total. The van der Waals surface area contributed by atoms with E-state index in [0.29, 0.717) is 29.4 Å². The van der Waals surface area contributed by atoms with Crippen LogP contribution in [-0.2, 0) is 6.42 Å². The SMILES string of the molecule is COc1ccc(Oc2cc(-c3cccc(C(=O)NCCc4ccccc4)c3)ncn2)cc1. The summed E-state index contributed by atoms with van der Waals surface area (Å²) in [4.78, 5) is 21.1. The zero-order chi connectivity index (χ0) is 22.2. The normalized spacial score (nSPS) is 10.4. The monoisotopic (exact) mass is 425 g/mol. The molecular formula is C26H23N3O3. The Labute approximate surface area is 186 Å². The molecule has 1 amide bonds. The van der Waals surface area contributed by atoms with Crippen molar-refractivity contribution in [2.75, 3.05) is 13.7 Å². The van der Waals surface area contributed by atoms with Gasteiger partial charge in [-0.05, 0) is 48.4 Å². The molecule has 0 unspecified atom stereocenters. The molecule has 0 aliphatic heterocycles. The maximum absolute atomic E-state index is 12.6. The number of methoxy groups -OCH3 is 1. The summed E-state index contributed by atoms with van der Waals surface area (Å²) >= 11 is 0. The number of nitrogens with one attached hydrogen (secondary N) is 1. The maximum atomic E-state index is 12.6. The summed E-state index contributed by atoms with van der Waals surface area (Å²) in [5.41, 5.74) is 3.24. The fourth-order valence-corrected chi connectivity index (χ4v) is 3.20. The minimum Gasteiger partial charge on any atom is -0.497 e. The van der Waals surface area contributed by atoms with E-state index in [1.807, 2.05) is 60.7 Å². The van der Waals surface area contributed by atoms with Crippen LogP contribution in [-0.4, -0.2) is 29.5 Å². The third-order valence-corrected chi connectivity index (χ3v) is 4.89. The van der Waals surface area contributed by atoms with Gasteiger partial charge in [-0.15, -0.1) is 0 Å². The Kier molecular flexibility index (Phi) is 6.72. The molecule has 4 rings (SSSR count). The van der Waals surface area contributed by atoms with Crippen LogP contribution in [0.5, 0.6) is 17.4 Å². The molecule has 0 saturated heterocycles. The lowest BCUT2D eigenvalue weighted by atomic mass is 10.1. The Morgan fingerprint density at radius 3 is 2.44 bits per heavy atom. The number of aromatic nitrogens is 2. The Bertz CT molecular complexity index is 1180. The minimum atomic E-state index is -0.119. The Morgan fingerprint density at radius 2 is 1.66 bits per heavy atom. The van der Waals surface area contributed by atoms with Crippen molar-refractivity contribution in [1.29, 1.82) is 0 Å². The fraction of sp³-hybridized carbons (Fsp3) is 0.115. The molecule has 4 aromatic rings. The number of carbonyl (C=O) groups is 1. The van der Waals surface area contributed by atoms with E-state index in [2.05, 4.69) is 15.3 Å². The van der Waals surface area contributed by atoms with Gasteiger partial charge >= 0.3 is 0 Å². The van der Waals surface area contributed by atoms with Crippen molar-refractivity contribution >= 4 is 5.91 Å². The lowest BCUT2D eigenvalue weighted by molar-refractivity contribution is 0.0954. The van der Waals surface area contributed by atoms with E-state index in [9.17, 15) is 4.79 Å². The van der Waals surface area contributed by atoms with Gasteiger partial charge in [-0.3, -0.25) is 4.79 Å². The van der Waals surface area contributed by atoms with Crippen molar-refractivity contribution in [2.45, 2.75) is 6.42 Å². The van der Waals surface area contributed by atoms with Crippen LogP contribution >= 0.6 is 0 Å². The lowest BCUT2D eigenvalue weighted by Crippen LogP contribution is -2.25. The molecule has 160 valence electrons. The Hall–Kier alpha value is -4.19. The molecular weight excluding hydrogens is 402 g/mol. The third-order valence-electron chi connectivity index (χ3n) is 4.89. The first kappa shape index (κ1) is 21.1. The highest BCUT2D eigenvalue weighted by atomic mass is 16.5. The molecule has 0 radical (unpaired) electrons. The van der Waals surface area contributed by atoms with Crippen molar-refractivity contribution in [3.63, 3.8) is 0 Å². The van der Waals surface area contributed by atoms with E-state index in [4.69, 9.17) is 9.47 Å². The van der Waals surface area contributed by atoms with Crippen LogP contribution in [0.25, 0.3) is 11.3 Å². The topological polar surface area (TPSA) is 73.3 Å². The van der Waals surface area contributed by atoms with Gasteiger partial charge in [0.05, 0.1) is 12.8 Å². The van der Waals surface area contributed by atoms with Crippen molar-refractivity contribution in [3.05, 3.63) is 102 Å². The second-order valence-corrected chi connectivity index (χ2v) is 7.09. The van der Waals surface area contributed by atoms with Gasteiger partial charge < -0.3 is 14.8 Å². The number of nitrogens with zero attached hydrogens (tertiary/aromatic N) is 2. The smallest absolute Gasteiger partial charge is 0.251 e. The van der Waals surface area contributed by atoms with Gasteiger partial charge in [0.15, 0.2) is 0 Å². The first-order chi connectivity index (χ1) is 15.7. The maximum Gasteiger partial charge on any atom is 0.251 e. The molecule has 0 aliphatic carbocycles. The summed E-state index contributed by atoms with van der Waals surface area (Å²) in [6.07, 6.45) is 2.23. The summed E-state index contributed by atoms with van der Waals surface area (Å²) < 4.78 is 11.0. The second-order valence-electron chi connectivity index (χ2n) is 7.09. The highest BCUT2D eigenvalue weighted by Crippen LogP contribution is 2.25. The van der Waals surface area contributed by atoms with Crippen LogP contribution in [0.15, 0.2) is 91.3 Å². The Balaban J connectivity index is 1.43. The third kappa shape index (κ3) is 5.49. The molecule has 1 aromatic heterocycles. The van der Waals surface area contributed by atoms with E-state index in [-0.39, 0.29) is 5.91 Å². The van der Waals surface area contributed by atoms with Gasteiger partial charge in [0.1, 0.15) is 17.8 Å². The quantitative estimate of drug-likeness (QED) is 0.434. The molecule has 3 aromatic carbocycles. The van der Waals surface area contributed by atoms with Gasteiger partial charge in [0, 0.05) is 23.7 Å². The van der Waals surface area contributed by atoms with Crippen LogP contribution in [0, 0.1) is 0 Å². The van der Waals surface area contributed by atoms with E-state index >= 15 is 0 Å². The fourth-order valence-electron chi connectivity index (χ4n) is 3.20. The van der Waals surface area contributed by atoms with Crippen LogP contribution in [0.1, 0.15) is 15.9 Å². The number of hydrogen-bond donors (Lipinski definition) is 1. The predicted octanol–water partition coefficient (Wildman–Crippen LogP) is 4.92. The number of ether oxygens (including phenoxy) is 2. The summed E-state index contributed by atoms with van der Waals surface area (Å²) in [6.45, 7) is 0.570. The van der Waals surface area contributed by atoms with E-state index in [1.54, 1.807) is 31.4 Å². The molecule has 32 heavy (non-hydrogen) atoms. The first-order valence-corrected chi connectivity index (χ1v) is 10.3. The molecule has 0 aliphatic rings. The van der Waals surface area contributed by atoms with Crippen LogP contribution in [0.3, 0.4) is 0 Å². The highest BCUT2D eigenvalue weighted by Gasteiger charge is 2.09. The Morgan fingerprint density at radius 1 is 0.875 bits per heavy atom. The van der Waals surface area contributed by atoms with Gasteiger partial charge in [0.25, 0.3) is 5.91 Å². The second kappa shape index (κ2) is 10.2. The molecule has 1 N–H and O–H groups in total. The summed E-state index contributed by atoms with van der Waals surface area (Å²) in [5.74, 6) is 1.69. The molecule has 0 saturated carbocycles. The van der Waals surface area contributed by atoms with Gasteiger partial charge in [-0.1, -0.05) is 42.5 Å². The summed E-state index contributed by atoms with van der Waals surface area (Å²) in [5, 5.41) is 2.97. The van der Waals surface area contributed by atoms with Crippen molar-refractivity contribution in [3.8, 4) is 28.6 Å². The number of carbonyl (C=O) groups excluding carboxylic acids is 1. The lowest BCUT2D eigenvalue weighted by Gasteiger charge is -2.09. The molecule has 0 fully saturated rings. The molecule has 0 atom stereocenters. The van der Waals surface area contributed by atoms with Crippen molar-refractivity contribution < 1.29 is 14.3 Å². The number of hydrogen-bond acceptors (Lipinski definition) is 5. The molecule has 6 heteroatoms. The van der Waals surface area contributed by atoms with Gasteiger partial charge in [0.2, 0.25) is 5.88 Å². The average molecular weight is 425 g/mol. The van der Waals surface area contributed by atoms with Crippen LogP contribution < -0.4 is 14.8 Å². The van der Waals surface area contributed by atoms with Crippen LogP contribution in [0.2, 0.25) is 0 Å². The summed E-state index contributed by atoms with van der Waals surface area (Å²) in [7, 11) is 1.62. The number of benzene rings is 3. The van der Waals surface area contributed by atoms with Crippen LogP contribution in [0.4, 0.5) is 0 Å². The highest BCUT2D eigenvalue weighted by molar-refractivity contribution is 5.95. The van der Waals surface area contributed by atoms with E-state index in [1.165, 1.54) is 11.9 Å². The van der Waals surface area contributed by atoms with Crippen molar-refractivity contribution in [1.82, 2.24) is 15.3 Å². The van der Waals surface area contributed by atoms with Gasteiger partial charge in [-0.2, -0.15) is 0 Å². The zero-order valence-electron chi connectivity index (χ0n) is 17.7. The molecule has 0 spiro atoms. The standard InChI is InChI=1S/C26H23N3O3/c1-31-22-10-12-23(13-11-22)32-25-17-24(28-18-29-25)20-8-5-9-21(16-20)26(30)27-15-14-19-6-3-2-4-7-19/h2-13,16-18H,14-15H2,1H3,(H,27,30). The zero-order valence-corrected chi connectivity index (χ0v) is 17.7.